The molecule has 0 bridgehead atoms. The van der Waals surface area contributed by atoms with E-state index in [1.54, 1.807) is 0 Å². The molecule has 0 aliphatic heterocycles. The predicted octanol–water partition coefficient (Wildman–Crippen LogP) is 3.94. The monoisotopic (exact) mass is 356 g/mol. The quantitative estimate of drug-likeness (QED) is 0.755. The Balaban J connectivity index is 2.56. The number of carbonyl (C=O) groups excluding carboxylic acids is 1. The van der Waals surface area contributed by atoms with Crippen LogP contribution in [0, 0.1) is 5.92 Å². The van der Waals surface area contributed by atoms with E-state index in [9.17, 15) is 4.79 Å². The van der Waals surface area contributed by atoms with E-state index >= 15 is 0 Å². The van der Waals surface area contributed by atoms with E-state index in [1.165, 1.54) is 0 Å². The van der Waals surface area contributed by atoms with Crippen molar-refractivity contribution in [1.82, 2.24) is 14.7 Å². The minimum Gasteiger partial charge on any atom is -0.363 e. The lowest BCUT2D eigenvalue weighted by atomic mass is 10.0. The fourth-order valence-electron chi connectivity index (χ4n) is 3.27. The third-order valence-corrected chi connectivity index (χ3v) is 4.81. The second kappa shape index (κ2) is 8.39. The average Bonchev–Trinajstić information content (AvgIpc) is 2.95. The maximum absolute atomic E-state index is 12.9. The topological polar surface area (TPSA) is 41.4 Å². The lowest BCUT2D eigenvalue weighted by Gasteiger charge is -2.31. The summed E-state index contributed by atoms with van der Waals surface area (Å²) in [5.41, 5.74) is 3.12. The van der Waals surface area contributed by atoms with Gasteiger partial charge in [-0.3, -0.25) is 9.48 Å². The first-order valence-electron chi connectivity index (χ1n) is 9.36. The summed E-state index contributed by atoms with van der Waals surface area (Å²) < 4.78 is 1.91. The summed E-state index contributed by atoms with van der Waals surface area (Å²) in [6, 6.07) is 10.4. The highest BCUT2D eigenvalue weighted by Crippen LogP contribution is 2.32. The molecule has 0 fully saturated rings. The van der Waals surface area contributed by atoms with Gasteiger partial charge in [0.05, 0.1) is 12.2 Å². The molecule has 1 aromatic carbocycles. The van der Waals surface area contributed by atoms with Crippen molar-refractivity contribution >= 4 is 11.7 Å². The zero-order valence-electron chi connectivity index (χ0n) is 17.2. The maximum Gasteiger partial charge on any atom is 0.225 e. The van der Waals surface area contributed by atoms with Crippen LogP contribution in [0.5, 0.6) is 0 Å². The van der Waals surface area contributed by atoms with Gasteiger partial charge in [0.1, 0.15) is 5.82 Å². The van der Waals surface area contributed by atoms with E-state index in [0.29, 0.717) is 6.54 Å². The van der Waals surface area contributed by atoms with Gasteiger partial charge < -0.3 is 9.80 Å². The molecule has 0 N–H and O–H groups in total. The first-order valence-corrected chi connectivity index (χ1v) is 9.36. The molecule has 1 heterocycles. The summed E-state index contributed by atoms with van der Waals surface area (Å²) in [5, 5.41) is 4.78. The van der Waals surface area contributed by atoms with Gasteiger partial charge in [-0.25, -0.2) is 0 Å². The number of anilines is 1. The maximum atomic E-state index is 12.9. The second-order valence-corrected chi connectivity index (χ2v) is 7.41. The third kappa shape index (κ3) is 4.09. The lowest BCUT2D eigenvalue weighted by Crippen LogP contribution is -2.40. The van der Waals surface area contributed by atoms with Crippen molar-refractivity contribution in [2.75, 3.05) is 19.0 Å². The molecule has 0 saturated carbocycles. The molecule has 2 aromatic rings. The minimum atomic E-state index is -0.0244. The number of benzene rings is 1. The van der Waals surface area contributed by atoms with Crippen molar-refractivity contribution in [3.63, 3.8) is 0 Å². The van der Waals surface area contributed by atoms with Crippen molar-refractivity contribution in [2.24, 2.45) is 13.0 Å². The Bertz CT molecular complexity index is 734. The van der Waals surface area contributed by atoms with Gasteiger partial charge in [-0.1, -0.05) is 51.1 Å². The standard InChI is InChI=1S/C21H32N4O/c1-8-16(4)25(21(26)15(2)3)14-18-19(17-12-10-9-11-13-17)22-24(7)20(18)23(5)6/h9-13,15-16H,8,14H2,1-7H3. The summed E-state index contributed by atoms with van der Waals surface area (Å²) in [5.74, 6) is 1.20. The van der Waals surface area contributed by atoms with Crippen LogP contribution < -0.4 is 4.90 Å². The highest BCUT2D eigenvalue weighted by atomic mass is 16.2. The molecule has 0 spiro atoms. The predicted molar refractivity (Wildman–Crippen MR) is 108 cm³/mol. The molecule has 5 nitrogen and oxygen atoms in total. The molecule has 5 heteroatoms. The van der Waals surface area contributed by atoms with Gasteiger partial charge in [0, 0.05) is 44.2 Å². The van der Waals surface area contributed by atoms with Gasteiger partial charge in [0.15, 0.2) is 0 Å². The summed E-state index contributed by atoms with van der Waals surface area (Å²) in [7, 11) is 6.00. The molecule has 0 aliphatic rings. The SMILES string of the molecule is CCC(C)N(Cc1c(-c2ccccc2)nn(C)c1N(C)C)C(=O)C(C)C. The number of amides is 1. The normalized spacial score (nSPS) is 12.3. The number of carbonyl (C=O) groups is 1. The summed E-state index contributed by atoms with van der Waals surface area (Å²) >= 11 is 0. The van der Waals surface area contributed by atoms with Crippen molar-refractivity contribution in [1.29, 1.82) is 0 Å². The average molecular weight is 357 g/mol. The lowest BCUT2D eigenvalue weighted by molar-refractivity contribution is -0.137. The number of aryl methyl sites for hydroxylation is 1. The van der Waals surface area contributed by atoms with Crippen LogP contribution in [0.4, 0.5) is 5.82 Å². The van der Waals surface area contributed by atoms with Crippen LogP contribution in [0.25, 0.3) is 11.3 Å². The van der Waals surface area contributed by atoms with Crippen LogP contribution in [-0.4, -0.2) is 40.7 Å². The van der Waals surface area contributed by atoms with Crippen molar-refractivity contribution in [2.45, 2.75) is 46.7 Å². The molecule has 1 amide bonds. The van der Waals surface area contributed by atoms with Gasteiger partial charge in [0.2, 0.25) is 5.91 Å². The van der Waals surface area contributed by atoms with Crippen LogP contribution in [-0.2, 0) is 18.4 Å². The van der Waals surface area contributed by atoms with E-state index in [2.05, 4.69) is 30.9 Å². The first kappa shape index (κ1) is 20.0. The Hall–Kier alpha value is -2.30. The van der Waals surface area contributed by atoms with E-state index in [4.69, 9.17) is 5.10 Å². The van der Waals surface area contributed by atoms with E-state index in [0.717, 1.165) is 29.1 Å². The number of hydrogen-bond acceptors (Lipinski definition) is 3. The molecule has 1 unspecified atom stereocenters. The smallest absolute Gasteiger partial charge is 0.225 e. The van der Waals surface area contributed by atoms with Gasteiger partial charge in [-0.15, -0.1) is 0 Å². The molecule has 142 valence electrons. The summed E-state index contributed by atoms with van der Waals surface area (Å²) in [6.45, 7) is 8.74. The first-order chi connectivity index (χ1) is 12.3. The van der Waals surface area contributed by atoms with E-state index in [-0.39, 0.29) is 17.9 Å². The van der Waals surface area contributed by atoms with Crippen LogP contribution in [0.2, 0.25) is 0 Å². The highest BCUT2D eigenvalue weighted by Gasteiger charge is 2.27. The van der Waals surface area contributed by atoms with Gasteiger partial charge in [0.25, 0.3) is 0 Å². The number of aromatic nitrogens is 2. The number of rotatable bonds is 7. The van der Waals surface area contributed by atoms with Crippen LogP contribution in [0.3, 0.4) is 0 Å². The summed E-state index contributed by atoms with van der Waals surface area (Å²) in [6.07, 6.45) is 0.927. The number of hydrogen-bond donors (Lipinski definition) is 0. The minimum absolute atomic E-state index is 0.0244. The molecule has 0 radical (unpaired) electrons. The van der Waals surface area contributed by atoms with Crippen LogP contribution in [0.15, 0.2) is 30.3 Å². The largest absolute Gasteiger partial charge is 0.363 e. The van der Waals surface area contributed by atoms with Crippen molar-refractivity contribution in [3.8, 4) is 11.3 Å². The summed E-state index contributed by atoms with van der Waals surface area (Å²) in [4.78, 5) is 16.9. The molecule has 1 aromatic heterocycles. The van der Waals surface area contributed by atoms with Crippen molar-refractivity contribution < 1.29 is 4.79 Å². The Morgan fingerprint density at radius 1 is 1.15 bits per heavy atom. The van der Waals surface area contributed by atoms with Gasteiger partial charge in [-0.2, -0.15) is 5.10 Å². The van der Waals surface area contributed by atoms with E-state index in [1.807, 2.05) is 62.8 Å². The Labute approximate surface area is 157 Å². The molecule has 2 rings (SSSR count). The zero-order valence-corrected chi connectivity index (χ0v) is 17.2. The molecule has 1 atom stereocenters. The highest BCUT2D eigenvalue weighted by molar-refractivity contribution is 5.79. The van der Waals surface area contributed by atoms with E-state index < -0.39 is 0 Å². The fraction of sp³-hybridized carbons (Fsp3) is 0.524. The Morgan fingerprint density at radius 3 is 2.27 bits per heavy atom. The Morgan fingerprint density at radius 2 is 1.77 bits per heavy atom. The van der Waals surface area contributed by atoms with Crippen LogP contribution >= 0.6 is 0 Å². The molecule has 0 saturated heterocycles. The van der Waals surface area contributed by atoms with Gasteiger partial charge >= 0.3 is 0 Å². The van der Waals surface area contributed by atoms with Gasteiger partial charge in [-0.05, 0) is 13.3 Å². The molecular formula is C21H32N4O. The molecule has 0 aliphatic carbocycles. The number of nitrogens with zero attached hydrogens (tertiary/aromatic N) is 4. The molecule has 26 heavy (non-hydrogen) atoms. The van der Waals surface area contributed by atoms with Crippen molar-refractivity contribution in [3.05, 3.63) is 35.9 Å². The fourth-order valence-corrected chi connectivity index (χ4v) is 3.27. The third-order valence-electron chi connectivity index (χ3n) is 4.81. The second-order valence-electron chi connectivity index (χ2n) is 7.41. The van der Waals surface area contributed by atoms with Crippen LogP contribution in [0.1, 0.15) is 39.7 Å². The molecular weight excluding hydrogens is 324 g/mol. The Kier molecular flexibility index (Phi) is 6.46. The zero-order chi connectivity index (χ0) is 19.4.